The molecule has 0 aromatic heterocycles. The van der Waals surface area contributed by atoms with Gasteiger partial charge in [-0.25, -0.2) is 17.5 Å². The summed E-state index contributed by atoms with van der Waals surface area (Å²) in [5.74, 6) is -1.00. The van der Waals surface area contributed by atoms with Crippen LogP contribution in [0.25, 0.3) is 0 Å². The van der Waals surface area contributed by atoms with Gasteiger partial charge in [0, 0.05) is 18.3 Å². The van der Waals surface area contributed by atoms with Crippen molar-refractivity contribution >= 4 is 27.3 Å². The molecular weight excluding hydrogens is 283 g/mol. The second-order valence-electron chi connectivity index (χ2n) is 4.00. The first-order valence-electron chi connectivity index (χ1n) is 5.25. The number of nitrogens with one attached hydrogen (secondary N) is 1. The number of hydrogen-bond donors (Lipinski definition) is 2. The number of anilines is 1. The number of rotatable bonds is 3. The van der Waals surface area contributed by atoms with Crippen molar-refractivity contribution in [1.29, 1.82) is 0 Å². The first kappa shape index (κ1) is 13.5. The average molecular weight is 295 g/mol. The molecule has 1 fully saturated rings. The normalized spacial score (nSPS) is 20.2. The number of hydrogen-bond acceptors (Lipinski definition) is 4. The number of halogens is 2. The van der Waals surface area contributed by atoms with Gasteiger partial charge in [0.15, 0.2) is 5.82 Å². The number of benzene rings is 1. The van der Waals surface area contributed by atoms with E-state index in [1.54, 1.807) is 0 Å². The molecule has 1 aromatic carbocycles. The Hall–Kier alpha value is -0.890. The first-order chi connectivity index (χ1) is 8.40. The summed E-state index contributed by atoms with van der Waals surface area (Å²) in [4.78, 5) is -0.542. The van der Waals surface area contributed by atoms with Crippen LogP contribution >= 0.6 is 11.6 Å². The molecule has 1 atom stereocenters. The topological polar surface area (TPSA) is 81.4 Å². The Kier molecular flexibility index (Phi) is 3.76. The molecule has 2 rings (SSSR count). The molecule has 0 aliphatic carbocycles. The van der Waals surface area contributed by atoms with E-state index in [0.717, 1.165) is 12.1 Å². The quantitative estimate of drug-likeness (QED) is 0.819. The lowest BCUT2D eigenvalue weighted by Crippen LogP contribution is -2.35. The molecule has 1 aromatic rings. The van der Waals surface area contributed by atoms with Crippen LogP contribution in [0.15, 0.2) is 17.0 Å². The Morgan fingerprint density at radius 2 is 2.22 bits per heavy atom. The fourth-order valence-electron chi connectivity index (χ4n) is 1.69. The summed E-state index contributed by atoms with van der Waals surface area (Å²) in [6, 6.07) is 1.85. The van der Waals surface area contributed by atoms with Gasteiger partial charge in [-0.3, -0.25) is 0 Å². The molecule has 0 saturated carbocycles. The Balaban J connectivity index is 2.34. The van der Waals surface area contributed by atoms with Crippen LogP contribution in [0.4, 0.5) is 10.1 Å². The van der Waals surface area contributed by atoms with Crippen LogP contribution in [-0.4, -0.2) is 27.7 Å². The minimum Gasteiger partial charge on any atom is -0.399 e. The summed E-state index contributed by atoms with van der Waals surface area (Å²) < 4.78 is 45.1. The zero-order valence-corrected chi connectivity index (χ0v) is 10.9. The summed E-state index contributed by atoms with van der Waals surface area (Å²) >= 11 is 5.57. The lowest BCUT2D eigenvalue weighted by Gasteiger charge is -2.13. The second kappa shape index (κ2) is 5.00. The third-order valence-electron chi connectivity index (χ3n) is 2.56. The van der Waals surface area contributed by atoms with Gasteiger partial charge in [-0.1, -0.05) is 11.6 Å². The predicted molar refractivity (Wildman–Crippen MR) is 65.4 cm³/mol. The van der Waals surface area contributed by atoms with E-state index in [4.69, 9.17) is 22.1 Å². The highest BCUT2D eigenvalue weighted by Gasteiger charge is 2.27. The maximum absolute atomic E-state index is 13.7. The zero-order valence-electron chi connectivity index (χ0n) is 9.32. The maximum atomic E-state index is 13.7. The standard InChI is InChI=1S/C10H12ClFN2O3S/c11-8-3-6(13)4-9(10(8)12)18(15,16)14-7-1-2-17-5-7/h3-4,7,14H,1-2,5,13H2. The van der Waals surface area contributed by atoms with Gasteiger partial charge in [0.2, 0.25) is 10.0 Å². The van der Waals surface area contributed by atoms with Gasteiger partial charge in [0.1, 0.15) is 4.90 Å². The molecule has 1 saturated heterocycles. The Morgan fingerprint density at radius 1 is 1.50 bits per heavy atom. The van der Waals surface area contributed by atoms with Crippen LogP contribution < -0.4 is 10.5 Å². The largest absolute Gasteiger partial charge is 0.399 e. The smallest absolute Gasteiger partial charge is 0.243 e. The molecule has 1 aliphatic rings. The van der Waals surface area contributed by atoms with E-state index < -0.39 is 20.7 Å². The van der Waals surface area contributed by atoms with Gasteiger partial charge in [-0.2, -0.15) is 0 Å². The van der Waals surface area contributed by atoms with Crippen LogP contribution in [0, 0.1) is 5.82 Å². The van der Waals surface area contributed by atoms with Gasteiger partial charge in [0.25, 0.3) is 0 Å². The van der Waals surface area contributed by atoms with Crippen LogP contribution in [0.2, 0.25) is 5.02 Å². The van der Waals surface area contributed by atoms with Crippen molar-refractivity contribution < 1.29 is 17.5 Å². The molecule has 1 unspecified atom stereocenters. The predicted octanol–water partition coefficient (Wildman–Crippen LogP) is 1.13. The summed E-state index contributed by atoms with van der Waals surface area (Å²) in [5, 5.41) is -0.321. The highest BCUT2D eigenvalue weighted by atomic mass is 35.5. The van der Waals surface area contributed by atoms with Crippen molar-refractivity contribution in [2.45, 2.75) is 17.4 Å². The molecule has 1 heterocycles. The van der Waals surface area contributed by atoms with E-state index in [0.29, 0.717) is 13.0 Å². The van der Waals surface area contributed by atoms with E-state index >= 15 is 0 Å². The summed E-state index contributed by atoms with van der Waals surface area (Å²) in [6.45, 7) is 0.754. The Bertz CT molecular complexity index is 558. The minimum absolute atomic E-state index is 0.0875. The highest BCUT2D eigenvalue weighted by molar-refractivity contribution is 7.89. The van der Waals surface area contributed by atoms with E-state index in [2.05, 4.69) is 4.72 Å². The van der Waals surface area contributed by atoms with Crippen LogP contribution in [0.5, 0.6) is 0 Å². The number of sulfonamides is 1. The monoisotopic (exact) mass is 294 g/mol. The van der Waals surface area contributed by atoms with E-state index in [1.807, 2.05) is 0 Å². The highest BCUT2D eigenvalue weighted by Crippen LogP contribution is 2.26. The van der Waals surface area contributed by atoms with Gasteiger partial charge >= 0.3 is 0 Å². The molecule has 0 spiro atoms. The summed E-state index contributed by atoms with van der Waals surface area (Å²) in [6.07, 6.45) is 0.552. The molecule has 5 nitrogen and oxygen atoms in total. The molecule has 0 bridgehead atoms. The van der Waals surface area contributed by atoms with Gasteiger partial charge in [-0.15, -0.1) is 0 Å². The fraction of sp³-hybridized carbons (Fsp3) is 0.400. The Morgan fingerprint density at radius 3 is 2.83 bits per heavy atom. The third-order valence-corrected chi connectivity index (χ3v) is 4.35. The lowest BCUT2D eigenvalue weighted by molar-refractivity contribution is 0.192. The summed E-state index contributed by atoms with van der Waals surface area (Å²) in [7, 11) is -3.99. The van der Waals surface area contributed by atoms with Gasteiger partial charge < -0.3 is 10.5 Å². The van der Waals surface area contributed by atoms with Crippen molar-refractivity contribution in [2.24, 2.45) is 0 Å². The van der Waals surface area contributed by atoms with Crippen LogP contribution in [0.3, 0.4) is 0 Å². The fourth-order valence-corrected chi connectivity index (χ4v) is 3.36. The van der Waals surface area contributed by atoms with Gasteiger partial charge in [-0.05, 0) is 18.6 Å². The van der Waals surface area contributed by atoms with Crippen molar-refractivity contribution in [1.82, 2.24) is 4.72 Å². The molecule has 3 N–H and O–H groups in total. The van der Waals surface area contributed by atoms with Crippen LogP contribution in [-0.2, 0) is 14.8 Å². The minimum atomic E-state index is -3.99. The molecule has 18 heavy (non-hydrogen) atoms. The average Bonchev–Trinajstić information content (AvgIpc) is 2.75. The summed E-state index contributed by atoms with van der Waals surface area (Å²) in [5.41, 5.74) is 5.55. The van der Waals surface area contributed by atoms with Gasteiger partial charge in [0.05, 0.1) is 11.6 Å². The van der Waals surface area contributed by atoms with Crippen LogP contribution in [0.1, 0.15) is 6.42 Å². The lowest BCUT2D eigenvalue weighted by atomic mass is 10.3. The zero-order chi connectivity index (χ0) is 13.3. The van der Waals surface area contributed by atoms with Crippen molar-refractivity contribution in [3.63, 3.8) is 0 Å². The molecule has 0 amide bonds. The molecule has 1 aliphatic heterocycles. The second-order valence-corrected chi connectivity index (χ2v) is 6.09. The number of nitrogen functional groups attached to an aromatic ring is 1. The number of nitrogens with two attached hydrogens (primary N) is 1. The van der Waals surface area contributed by atoms with Crippen molar-refractivity contribution in [2.75, 3.05) is 18.9 Å². The van der Waals surface area contributed by atoms with E-state index in [9.17, 15) is 12.8 Å². The number of ether oxygens (including phenoxy) is 1. The molecule has 0 radical (unpaired) electrons. The molecular formula is C10H12ClFN2O3S. The molecule has 100 valence electrons. The third kappa shape index (κ3) is 2.74. The SMILES string of the molecule is Nc1cc(Cl)c(F)c(S(=O)(=O)NC2CCOC2)c1. The maximum Gasteiger partial charge on any atom is 0.243 e. The van der Waals surface area contributed by atoms with E-state index in [1.165, 1.54) is 0 Å². The molecule has 8 heteroatoms. The Labute approximate surface area is 109 Å². The van der Waals surface area contributed by atoms with E-state index in [-0.39, 0.29) is 23.4 Å². The van der Waals surface area contributed by atoms with Crippen molar-refractivity contribution in [3.8, 4) is 0 Å². The van der Waals surface area contributed by atoms with Crippen molar-refractivity contribution in [3.05, 3.63) is 23.0 Å². The first-order valence-corrected chi connectivity index (χ1v) is 7.11.